The summed E-state index contributed by atoms with van der Waals surface area (Å²) in [5.41, 5.74) is 2.78. The predicted octanol–water partition coefficient (Wildman–Crippen LogP) is 2.91. The maximum atomic E-state index is 9.64. The summed E-state index contributed by atoms with van der Waals surface area (Å²) in [4.78, 5) is 9.04. The topological polar surface area (TPSA) is 67.3 Å². The molecule has 0 fully saturated rings. The largest absolute Gasteiger partial charge is 0.504 e. The van der Waals surface area contributed by atoms with Gasteiger partial charge in [-0.15, -0.1) is 0 Å². The van der Waals surface area contributed by atoms with E-state index < -0.39 is 0 Å². The minimum atomic E-state index is 0.104. The smallest absolute Gasteiger partial charge is 0.161 e. The molecule has 1 aromatic carbocycles. The lowest BCUT2D eigenvalue weighted by atomic mass is 10.1. The van der Waals surface area contributed by atoms with Crippen LogP contribution in [-0.4, -0.2) is 28.7 Å². The van der Waals surface area contributed by atoms with Gasteiger partial charge in [0.1, 0.15) is 5.82 Å². The molecule has 0 spiro atoms. The number of anilines is 1. The van der Waals surface area contributed by atoms with Crippen molar-refractivity contribution in [2.24, 2.45) is 0 Å². The van der Waals surface area contributed by atoms with Gasteiger partial charge in [0.15, 0.2) is 17.3 Å². The van der Waals surface area contributed by atoms with Crippen LogP contribution < -0.4 is 10.1 Å². The van der Waals surface area contributed by atoms with Crippen LogP contribution in [0.4, 0.5) is 5.82 Å². The maximum absolute atomic E-state index is 9.64. The van der Waals surface area contributed by atoms with Crippen LogP contribution in [0.25, 0.3) is 11.4 Å². The van der Waals surface area contributed by atoms with Gasteiger partial charge in [0, 0.05) is 23.4 Å². The van der Waals surface area contributed by atoms with Crippen molar-refractivity contribution in [3.05, 3.63) is 29.5 Å². The van der Waals surface area contributed by atoms with Crippen LogP contribution in [0.15, 0.2) is 18.2 Å². The first kappa shape index (κ1) is 14.1. The molecule has 0 aliphatic carbocycles. The van der Waals surface area contributed by atoms with Gasteiger partial charge in [0.05, 0.1) is 7.11 Å². The molecule has 0 saturated carbocycles. The van der Waals surface area contributed by atoms with E-state index in [2.05, 4.69) is 15.3 Å². The van der Waals surface area contributed by atoms with Crippen LogP contribution in [0, 0.1) is 13.8 Å². The molecule has 0 bridgehead atoms. The molecule has 2 rings (SSSR count). The first-order valence-electron chi connectivity index (χ1n) is 6.53. The van der Waals surface area contributed by atoms with Crippen LogP contribution in [0.5, 0.6) is 11.5 Å². The third-order valence-electron chi connectivity index (χ3n) is 3.17. The van der Waals surface area contributed by atoms with Gasteiger partial charge in [0.2, 0.25) is 0 Å². The Bertz CT molecular complexity index is 627. The number of hydrogen-bond donors (Lipinski definition) is 2. The first-order valence-corrected chi connectivity index (χ1v) is 6.53. The summed E-state index contributed by atoms with van der Waals surface area (Å²) in [6.07, 6.45) is 0. The second-order valence-electron chi connectivity index (χ2n) is 4.52. The zero-order chi connectivity index (χ0) is 14.7. The van der Waals surface area contributed by atoms with Crippen LogP contribution in [0.1, 0.15) is 18.2 Å². The number of phenolic OH excluding ortho intramolecular Hbond substituents is 1. The van der Waals surface area contributed by atoms with Gasteiger partial charge >= 0.3 is 0 Å². The fourth-order valence-electron chi connectivity index (χ4n) is 1.91. The number of aryl methyl sites for hydroxylation is 1. The van der Waals surface area contributed by atoms with Gasteiger partial charge in [-0.3, -0.25) is 0 Å². The molecule has 0 unspecified atom stereocenters. The molecule has 1 aromatic heterocycles. The number of rotatable bonds is 4. The predicted molar refractivity (Wildman–Crippen MR) is 79.3 cm³/mol. The lowest BCUT2D eigenvalue weighted by molar-refractivity contribution is 0.373. The number of hydrogen-bond acceptors (Lipinski definition) is 5. The molecule has 0 saturated heterocycles. The lowest BCUT2D eigenvalue weighted by Crippen LogP contribution is -2.06. The fourth-order valence-corrected chi connectivity index (χ4v) is 1.91. The van der Waals surface area contributed by atoms with Gasteiger partial charge < -0.3 is 15.2 Å². The number of phenols is 1. The minimum absolute atomic E-state index is 0.104. The number of nitrogens with zero attached hydrogens (tertiary/aromatic N) is 2. The molecule has 0 aliphatic rings. The summed E-state index contributed by atoms with van der Waals surface area (Å²) < 4.78 is 5.12. The number of ether oxygens (including phenoxy) is 1. The SMILES string of the molecule is CCNc1nc(-c2ccc(O)c(OC)c2)nc(C)c1C. The summed E-state index contributed by atoms with van der Waals surface area (Å²) >= 11 is 0. The molecule has 1 heterocycles. The van der Waals surface area contributed by atoms with Crippen molar-refractivity contribution in [1.82, 2.24) is 9.97 Å². The molecule has 0 aliphatic heterocycles. The zero-order valence-electron chi connectivity index (χ0n) is 12.2. The summed E-state index contributed by atoms with van der Waals surface area (Å²) in [7, 11) is 1.52. The Labute approximate surface area is 118 Å². The Morgan fingerprint density at radius 3 is 2.65 bits per heavy atom. The molecule has 0 radical (unpaired) electrons. The fraction of sp³-hybridized carbons (Fsp3) is 0.333. The van der Waals surface area contributed by atoms with Crippen LogP contribution in [0.2, 0.25) is 0 Å². The van der Waals surface area contributed by atoms with Crippen molar-refractivity contribution in [3.8, 4) is 22.9 Å². The number of aromatic hydroxyl groups is 1. The van der Waals surface area contributed by atoms with E-state index >= 15 is 0 Å². The molecule has 106 valence electrons. The summed E-state index contributed by atoms with van der Waals surface area (Å²) in [6, 6.07) is 5.09. The summed E-state index contributed by atoms with van der Waals surface area (Å²) in [6.45, 7) is 6.78. The highest BCUT2D eigenvalue weighted by Gasteiger charge is 2.11. The lowest BCUT2D eigenvalue weighted by Gasteiger charge is -2.12. The van der Waals surface area contributed by atoms with E-state index in [9.17, 15) is 5.11 Å². The van der Waals surface area contributed by atoms with Gasteiger partial charge in [-0.1, -0.05) is 0 Å². The third-order valence-corrected chi connectivity index (χ3v) is 3.17. The standard InChI is InChI=1S/C15H19N3O2/c1-5-16-14-9(2)10(3)17-15(18-14)11-6-7-12(19)13(8-11)20-4/h6-8,19H,5H2,1-4H3,(H,16,17,18). The third kappa shape index (κ3) is 2.66. The normalized spacial score (nSPS) is 10.4. The summed E-state index contributed by atoms with van der Waals surface area (Å²) in [5, 5.41) is 12.9. The van der Waals surface area contributed by atoms with Gasteiger partial charge in [0.25, 0.3) is 0 Å². The van der Waals surface area contributed by atoms with E-state index in [1.807, 2.05) is 20.8 Å². The van der Waals surface area contributed by atoms with Gasteiger partial charge in [-0.25, -0.2) is 9.97 Å². The van der Waals surface area contributed by atoms with E-state index in [-0.39, 0.29) is 5.75 Å². The van der Waals surface area contributed by atoms with Crippen molar-refractivity contribution in [2.75, 3.05) is 19.0 Å². The molecule has 5 nitrogen and oxygen atoms in total. The number of nitrogens with one attached hydrogen (secondary N) is 1. The number of methoxy groups -OCH3 is 1. The second-order valence-corrected chi connectivity index (χ2v) is 4.52. The van der Waals surface area contributed by atoms with Crippen molar-refractivity contribution in [3.63, 3.8) is 0 Å². The Kier molecular flexibility index (Phi) is 4.08. The molecule has 0 atom stereocenters. The number of aromatic nitrogens is 2. The van der Waals surface area contributed by atoms with E-state index in [1.54, 1.807) is 18.2 Å². The van der Waals surface area contributed by atoms with E-state index in [0.29, 0.717) is 11.6 Å². The van der Waals surface area contributed by atoms with Crippen LogP contribution in [0.3, 0.4) is 0 Å². The highest BCUT2D eigenvalue weighted by Crippen LogP contribution is 2.31. The van der Waals surface area contributed by atoms with Crippen molar-refractivity contribution in [2.45, 2.75) is 20.8 Å². The highest BCUT2D eigenvalue weighted by molar-refractivity contribution is 5.63. The van der Waals surface area contributed by atoms with Gasteiger partial charge in [-0.2, -0.15) is 0 Å². The van der Waals surface area contributed by atoms with E-state index in [4.69, 9.17) is 4.74 Å². The molecule has 5 heteroatoms. The van der Waals surface area contributed by atoms with Crippen molar-refractivity contribution < 1.29 is 9.84 Å². The van der Waals surface area contributed by atoms with E-state index in [0.717, 1.165) is 29.2 Å². The molecule has 2 N–H and O–H groups in total. The van der Waals surface area contributed by atoms with Crippen molar-refractivity contribution >= 4 is 5.82 Å². The first-order chi connectivity index (χ1) is 9.56. The van der Waals surface area contributed by atoms with Crippen LogP contribution in [-0.2, 0) is 0 Å². The van der Waals surface area contributed by atoms with Crippen molar-refractivity contribution in [1.29, 1.82) is 0 Å². The monoisotopic (exact) mass is 273 g/mol. The second kappa shape index (κ2) is 5.77. The molecule has 2 aromatic rings. The zero-order valence-corrected chi connectivity index (χ0v) is 12.2. The minimum Gasteiger partial charge on any atom is -0.504 e. The highest BCUT2D eigenvalue weighted by atomic mass is 16.5. The Morgan fingerprint density at radius 2 is 2.00 bits per heavy atom. The van der Waals surface area contributed by atoms with Crippen LogP contribution >= 0.6 is 0 Å². The quantitative estimate of drug-likeness (QED) is 0.896. The average molecular weight is 273 g/mol. The average Bonchev–Trinajstić information content (AvgIpc) is 2.44. The molecular weight excluding hydrogens is 254 g/mol. The van der Waals surface area contributed by atoms with E-state index in [1.165, 1.54) is 7.11 Å². The molecule has 20 heavy (non-hydrogen) atoms. The molecule has 0 amide bonds. The number of benzene rings is 1. The molecular formula is C15H19N3O2. The Morgan fingerprint density at radius 1 is 1.25 bits per heavy atom. The summed E-state index contributed by atoms with van der Waals surface area (Å²) in [5.74, 6) is 1.96. The van der Waals surface area contributed by atoms with Gasteiger partial charge in [-0.05, 0) is 39.0 Å². The maximum Gasteiger partial charge on any atom is 0.161 e. The Balaban J connectivity index is 2.52. The Hall–Kier alpha value is -2.30.